The minimum Gasteiger partial charge on any atom is -0.508 e. The van der Waals surface area contributed by atoms with Crippen LogP contribution >= 0.6 is 11.6 Å². The van der Waals surface area contributed by atoms with Gasteiger partial charge >= 0.3 is 0 Å². The highest BCUT2D eigenvalue weighted by atomic mass is 35.5. The number of ether oxygens (including phenoxy) is 1. The molecular formula is C11H9ClO2. The van der Waals surface area contributed by atoms with Gasteiger partial charge in [-0.3, -0.25) is 0 Å². The van der Waals surface area contributed by atoms with Gasteiger partial charge in [0.25, 0.3) is 0 Å². The van der Waals surface area contributed by atoms with E-state index in [-0.39, 0.29) is 5.75 Å². The number of rotatable bonds is 1. The summed E-state index contributed by atoms with van der Waals surface area (Å²) >= 11 is 6.09. The molecular weight excluding hydrogens is 200 g/mol. The number of phenolic OH excluding ortho intramolecular Hbond substituents is 1. The maximum atomic E-state index is 9.27. The summed E-state index contributed by atoms with van der Waals surface area (Å²) < 4.78 is 5.09. The Morgan fingerprint density at radius 1 is 1.21 bits per heavy atom. The highest BCUT2D eigenvalue weighted by molar-refractivity contribution is 6.37. The normalized spacial score (nSPS) is 10.4. The van der Waals surface area contributed by atoms with Crippen molar-refractivity contribution in [2.24, 2.45) is 0 Å². The zero-order chi connectivity index (χ0) is 10.1. The van der Waals surface area contributed by atoms with E-state index >= 15 is 0 Å². The van der Waals surface area contributed by atoms with Gasteiger partial charge in [-0.25, -0.2) is 0 Å². The number of methoxy groups -OCH3 is 1. The van der Waals surface area contributed by atoms with E-state index in [0.29, 0.717) is 10.8 Å². The minimum atomic E-state index is 0.235. The van der Waals surface area contributed by atoms with Gasteiger partial charge in [-0.1, -0.05) is 17.7 Å². The van der Waals surface area contributed by atoms with Gasteiger partial charge in [-0.05, 0) is 29.7 Å². The van der Waals surface area contributed by atoms with Gasteiger partial charge in [0, 0.05) is 5.39 Å². The molecule has 2 nitrogen and oxygen atoms in total. The van der Waals surface area contributed by atoms with E-state index in [4.69, 9.17) is 16.3 Å². The van der Waals surface area contributed by atoms with Crippen molar-refractivity contribution in [3.63, 3.8) is 0 Å². The molecule has 0 aliphatic carbocycles. The van der Waals surface area contributed by atoms with Gasteiger partial charge in [0.05, 0.1) is 12.1 Å². The molecule has 0 amide bonds. The molecule has 0 radical (unpaired) electrons. The molecule has 0 saturated carbocycles. The number of hydrogen-bond donors (Lipinski definition) is 1. The molecule has 0 spiro atoms. The van der Waals surface area contributed by atoms with Crippen LogP contribution < -0.4 is 4.74 Å². The quantitative estimate of drug-likeness (QED) is 0.780. The highest BCUT2D eigenvalue weighted by Gasteiger charge is 2.05. The lowest BCUT2D eigenvalue weighted by molar-refractivity contribution is 0.415. The van der Waals surface area contributed by atoms with Crippen LogP contribution in [0.25, 0.3) is 10.8 Å². The van der Waals surface area contributed by atoms with E-state index in [1.165, 1.54) is 0 Å². The SMILES string of the molecule is COc1ccc2cc(O)ccc2c1Cl. The average Bonchev–Trinajstić information content (AvgIpc) is 2.18. The summed E-state index contributed by atoms with van der Waals surface area (Å²) in [6, 6.07) is 8.69. The van der Waals surface area contributed by atoms with Crippen LogP contribution in [0.4, 0.5) is 0 Å². The molecule has 2 aromatic rings. The molecule has 72 valence electrons. The summed E-state index contributed by atoms with van der Waals surface area (Å²) in [4.78, 5) is 0. The second-order valence-electron chi connectivity index (χ2n) is 2.99. The van der Waals surface area contributed by atoms with Crippen molar-refractivity contribution in [1.29, 1.82) is 0 Å². The summed E-state index contributed by atoms with van der Waals surface area (Å²) in [6.07, 6.45) is 0. The second-order valence-corrected chi connectivity index (χ2v) is 3.37. The Morgan fingerprint density at radius 2 is 2.00 bits per heavy atom. The van der Waals surface area contributed by atoms with Crippen LogP contribution in [0, 0.1) is 0 Å². The Bertz CT molecular complexity index is 480. The third kappa shape index (κ3) is 1.38. The molecule has 1 N–H and O–H groups in total. The molecule has 0 aliphatic heterocycles. The molecule has 14 heavy (non-hydrogen) atoms. The lowest BCUT2D eigenvalue weighted by Gasteiger charge is -2.06. The predicted octanol–water partition coefficient (Wildman–Crippen LogP) is 3.21. The number of aromatic hydroxyl groups is 1. The zero-order valence-corrected chi connectivity index (χ0v) is 8.38. The van der Waals surface area contributed by atoms with E-state index in [1.54, 1.807) is 31.4 Å². The third-order valence-corrected chi connectivity index (χ3v) is 2.51. The van der Waals surface area contributed by atoms with Crippen LogP contribution in [0.5, 0.6) is 11.5 Å². The number of fused-ring (bicyclic) bond motifs is 1. The van der Waals surface area contributed by atoms with Crippen LogP contribution in [0.3, 0.4) is 0 Å². The van der Waals surface area contributed by atoms with Gasteiger partial charge < -0.3 is 9.84 Å². The zero-order valence-electron chi connectivity index (χ0n) is 7.62. The number of hydrogen-bond acceptors (Lipinski definition) is 2. The first kappa shape index (κ1) is 9.16. The average molecular weight is 209 g/mol. The molecule has 0 unspecified atom stereocenters. The monoisotopic (exact) mass is 208 g/mol. The largest absolute Gasteiger partial charge is 0.508 e. The van der Waals surface area contributed by atoms with Gasteiger partial charge in [0.2, 0.25) is 0 Å². The fraction of sp³-hybridized carbons (Fsp3) is 0.0909. The van der Waals surface area contributed by atoms with Crippen molar-refractivity contribution >= 4 is 22.4 Å². The van der Waals surface area contributed by atoms with E-state index in [0.717, 1.165) is 10.8 Å². The first-order valence-electron chi connectivity index (χ1n) is 4.17. The van der Waals surface area contributed by atoms with Crippen LogP contribution in [0.2, 0.25) is 5.02 Å². The van der Waals surface area contributed by atoms with E-state index in [9.17, 15) is 5.11 Å². The van der Waals surface area contributed by atoms with Crippen LogP contribution in [0.15, 0.2) is 30.3 Å². The van der Waals surface area contributed by atoms with Crippen molar-refractivity contribution in [1.82, 2.24) is 0 Å². The molecule has 0 saturated heterocycles. The summed E-state index contributed by atoms with van der Waals surface area (Å²) in [5, 5.41) is 11.6. The standard InChI is InChI=1S/C11H9ClO2/c1-14-10-5-2-7-6-8(13)3-4-9(7)11(10)12/h2-6,13H,1H3. The van der Waals surface area contributed by atoms with Gasteiger partial charge in [0.1, 0.15) is 11.5 Å². The van der Waals surface area contributed by atoms with Gasteiger partial charge in [-0.15, -0.1) is 0 Å². The predicted molar refractivity (Wildman–Crippen MR) is 57.2 cm³/mol. The summed E-state index contributed by atoms with van der Waals surface area (Å²) in [5.74, 6) is 0.878. The maximum Gasteiger partial charge on any atom is 0.138 e. The molecule has 3 heteroatoms. The molecule has 2 aromatic carbocycles. The Kier molecular flexibility index (Phi) is 2.22. The van der Waals surface area contributed by atoms with E-state index in [1.807, 2.05) is 6.07 Å². The van der Waals surface area contributed by atoms with Crippen LogP contribution in [-0.2, 0) is 0 Å². The number of halogens is 1. The lowest BCUT2D eigenvalue weighted by Crippen LogP contribution is -1.84. The highest BCUT2D eigenvalue weighted by Crippen LogP contribution is 2.33. The van der Waals surface area contributed by atoms with Crippen LogP contribution in [0.1, 0.15) is 0 Å². The van der Waals surface area contributed by atoms with Crippen molar-refractivity contribution in [2.75, 3.05) is 7.11 Å². The smallest absolute Gasteiger partial charge is 0.138 e. The summed E-state index contributed by atoms with van der Waals surface area (Å²) in [6.45, 7) is 0. The van der Waals surface area contributed by atoms with Crippen molar-refractivity contribution in [3.8, 4) is 11.5 Å². The van der Waals surface area contributed by atoms with Crippen molar-refractivity contribution in [3.05, 3.63) is 35.4 Å². The van der Waals surface area contributed by atoms with Gasteiger partial charge in [-0.2, -0.15) is 0 Å². The van der Waals surface area contributed by atoms with Gasteiger partial charge in [0.15, 0.2) is 0 Å². The van der Waals surface area contributed by atoms with Crippen LogP contribution in [-0.4, -0.2) is 12.2 Å². The second kappa shape index (κ2) is 3.39. The molecule has 0 fully saturated rings. The maximum absolute atomic E-state index is 9.27. The Hall–Kier alpha value is -1.41. The Morgan fingerprint density at radius 3 is 2.71 bits per heavy atom. The molecule has 0 bridgehead atoms. The third-order valence-electron chi connectivity index (χ3n) is 2.12. The fourth-order valence-electron chi connectivity index (χ4n) is 1.42. The van der Waals surface area contributed by atoms with Crippen molar-refractivity contribution < 1.29 is 9.84 Å². The Balaban J connectivity index is 2.77. The number of phenols is 1. The molecule has 2 rings (SSSR count). The Labute approximate surface area is 86.7 Å². The lowest BCUT2D eigenvalue weighted by atomic mass is 10.1. The molecule has 0 aromatic heterocycles. The fourth-order valence-corrected chi connectivity index (χ4v) is 1.73. The van der Waals surface area contributed by atoms with E-state index in [2.05, 4.69) is 0 Å². The summed E-state index contributed by atoms with van der Waals surface area (Å²) in [7, 11) is 1.58. The topological polar surface area (TPSA) is 29.5 Å². The first-order chi connectivity index (χ1) is 6.72. The molecule has 0 aliphatic rings. The molecule has 0 atom stereocenters. The first-order valence-corrected chi connectivity index (χ1v) is 4.55. The minimum absolute atomic E-state index is 0.235. The van der Waals surface area contributed by atoms with Crippen molar-refractivity contribution in [2.45, 2.75) is 0 Å². The summed E-state index contributed by atoms with van der Waals surface area (Å²) in [5.41, 5.74) is 0. The van der Waals surface area contributed by atoms with E-state index < -0.39 is 0 Å². The molecule has 0 heterocycles. The number of benzene rings is 2.